The zero-order chi connectivity index (χ0) is 21.5. The van der Waals surface area contributed by atoms with E-state index in [1.807, 2.05) is 35.2 Å². The number of carbonyl (C=O) groups excluding carboxylic acids is 2. The zero-order valence-corrected chi connectivity index (χ0v) is 21.6. The third-order valence-corrected chi connectivity index (χ3v) is 6.67. The molecule has 2 amide bonds. The van der Waals surface area contributed by atoms with Crippen molar-refractivity contribution < 1.29 is 34.7 Å². The van der Waals surface area contributed by atoms with Gasteiger partial charge in [0.1, 0.15) is 11.7 Å². The number of hydrogen-bond donors (Lipinski definition) is 1. The Balaban J connectivity index is 0.00000153. The van der Waals surface area contributed by atoms with Crippen LogP contribution >= 0.6 is 0 Å². The molecule has 0 spiro atoms. The molecule has 3 aliphatic rings. The zero-order valence-electron chi connectivity index (χ0n) is 18.9. The first kappa shape index (κ1) is 25.2. The largest absolute Gasteiger partial charge is 0.491 e. The third kappa shape index (κ3) is 4.38. The van der Waals surface area contributed by atoms with Gasteiger partial charge in [0, 0.05) is 52.3 Å². The molecule has 1 radical (unpaired) electrons. The van der Waals surface area contributed by atoms with Gasteiger partial charge in [-0.25, -0.2) is 0 Å². The molecule has 33 heavy (non-hydrogen) atoms. The van der Waals surface area contributed by atoms with Crippen LogP contribution in [0.15, 0.2) is 41.3 Å². The Kier molecular flexibility index (Phi) is 7.78. The predicted octanol–water partition coefficient (Wildman–Crippen LogP) is 1.88. The molecule has 9 heteroatoms. The quantitative estimate of drug-likeness (QED) is 0.527. The molecule has 2 fully saturated rings. The summed E-state index contributed by atoms with van der Waals surface area (Å²) in [4.78, 5) is 43.5. The number of carbonyl (C=O) groups is 2. The van der Waals surface area contributed by atoms with Crippen molar-refractivity contribution in [2.24, 2.45) is 0 Å². The van der Waals surface area contributed by atoms with E-state index in [4.69, 9.17) is 4.74 Å². The second-order valence-electron chi connectivity index (χ2n) is 8.38. The predicted molar refractivity (Wildman–Crippen MR) is 120 cm³/mol. The van der Waals surface area contributed by atoms with E-state index >= 15 is 0 Å². The summed E-state index contributed by atoms with van der Waals surface area (Å²) in [5.41, 5.74) is 0.615. The van der Waals surface area contributed by atoms with E-state index < -0.39 is 11.3 Å². The number of rotatable bonds is 4. The number of amides is 2. The molecule has 2 saturated heterocycles. The summed E-state index contributed by atoms with van der Waals surface area (Å²) >= 11 is 0. The van der Waals surface area contributed by atoms with Gasteiger partial charge in [-0.15, -0.1) is 0 Å². The van der Waals surface area contributed by atoms with Gasteiger partial charge in [-0.05, 0) is 24.8 Å². The number of pyridine rings is 1. The van der Waals surface area contributed by atoms with Crippen LogP contribution in [0.4, 0.5) is 0 Å². The summed E-state index contributed by atoms with van der Waals surface area (Å²) in [6, 6.07) is 10.0. The van der Waals surface area contributed by atoms with Crippen molar-refractivity contribution in [3.8, 4) is 5.75 Å². The monoisotopic (exact) mass is 624 g/mol. The average Bonchev–Trinajstić information content (AvgIpc) is 3.28. The van der Waals surface area contributed by atoms with Gasteiger partial charge >= 0.3 is 0 Å². The fraction of sp³-hybridized carbons (Fsp3) is 0.417. The Bertz CT molecular complexity index is 1090. The first-order chi connectivity index (χ1) is 15.1. The molecule has 3 aliphatic heterocycles. The van der Waals surface area contributed by atoms with E-state index in [1.54, 1.807) is 4.57 Å². The Morgan fingerprint density at radius 3 is 2.64 bits per heavy atom. The number of nitrogens with zero attached hydrogens (tertiary/aromatic N) is 3. The second kappa shape index (κ2) is 10.2. The number of fused-ring (bicyclic) bond motifs is 4. The molecule has 0 bridgehead atoms. The average molecular weight is 624 g/mol. The molecule has 1 aromatic carbocycles. The van der Waals surface area contributed by atoms with E-state index in [2.05, 4.69) is 10.2 Å². The minimum atomic E-state index is -0.554. The molecule has 2 atom stereocenters. The van der Waals surface area contributed by atoms with Crippen LogP contribution in [-0.4, -0.2) is 58.6 Å². The van der Waals surface area contributed by atoms with Crippen molar-refractivity contribution >= 4 is 11.8 Å². The van der Waals surface area contributed by atoms with Crippen LogP contribution < -0.4 is 15.5 Å². The van der Waals surface area contributed by atoms with Crippen molar-refractivity contribution in [1.82, 2.24) is 19.7 Å². The van der Waals surface area contributed by atoms with E-state index in [0.717, 1.165) is 31.4 Å². The van der Waals surface area contributed by atoms with E-state index in [0.29, 0.717) is 25.7 Å². The molecular weight excluding hydrogens is 594 g/mol. The number of nitrogens with one attached hydrogen (secondary N) is 1. The maximum Gasteiger partial charge on any atom is 0.275 e. The summed E-state index contributed by atoms with van der Waals surface area (Å²) in [6.45, 7) is 2.48. The smallest absolute Gasteiger partial charge is 0.275 e. The summed E-state index contributed by atoms with van der Waals surface area (Å²) in [5.74, 6) is -0.730. The van der Waals surface area contributed by atoms with Crippen molar-refractivity contribution in [3.05, 3.63) is 71.0 Å². The first-order valence-corrected chi connectivity index (χ1v) is 10.8. The van der Waals surface area contributed by atoms with Crippen molar-refractivity contribution in [2.75, 3.05) is 20.2 Å². The summed E-state index contributed by atoms with van der Waals surface area (Å²) in [5, 5.41) is 2.81. The van der Waals surface area contributed by atoms with Crippen LogP contribution in [-0.2, 0) is 33.5 Å². The molecule has 2 aromatic rings. The Hall–Kier alpha value is -2.47. The number of ether oxygens (including phenoxy) is 1. The number of hydrogen-bond acceptors (Lipinski definition) is 5. The fourth-order valence-corrected chi connectivity index (χ4v) is 5.16. The molecule has 0 unspecified atom stereocenters. The maximum absolute atomic E-state index is 13.3. The minimum absolute atomic E-state index is 0. The maximum atomic E-state index is 13.3. The van der Waals surface area contributed by atoms with E-state index in [-0.39, 0.29) is 56.9 Å². The summed E-state index contributed by atoms with van der Waals surface area (Å²) in [7, 11) is 1.37. The Morgan fingerprint density at radius 1 is 1.15 bits per heavy atom. The van der Waals surface area contributed by atoms with Gasteiger partial charge in [0.2, 0.25) is 5.43 Å². The molecule has 177 valence electrons. The number of benzene rings is 1. The third-order valence-electron chi connectivity index (χ3n) is 6.67. The number of methoxy groups -OCH3 is 1. The SMILES string of the molecule is COc1c2n(cc(C(=O)NCc3ccccc3)c1=O)C[C@@H]1N(CC[C@@H]3CCCN31)C2=O.[CH3-].[Re]. The van der Waals surface area contributed by atoms with Crippen LogP contribution in [0.5, 0.6) is 5.75 Å². The molecule has 1 aromatic heterocycles. The first-order valence-electron chi connectivity index (χ1n) is 10.8. The van der Waals surface area contributed by atoms with Gasteiger partial charge < -0.3 is 26.9 Å². The van der Waals surface area contributed by atoms with E-state index in [1.165, 1.54) is 13.3 Å². The van der Waals surface area contributed by atoms with Gasteiger partial charge in [0.15, 0.2) is 11.4 Å². The van der Waals surface area contributed by atoms with Crippen molar-refractivity contribution in [2.45, 2.75) is 44.6 Å². The van der Waals surface area contributed by atoms with Crippen LogP contribution in [0.2, 0.25) is 0 Å². The minimum Gasteiger partial charge on any atom is -0.491 e. The summed E-state index contributed by atoms with van der Waals surface area (Å²) in [6.07, 6.45) is 4.72. The molecular formula is C24H29N4O4Re-. The standard InChI is InChI=1S/C23H26N4O4.CH3.Re/c1-31-21-19-23(30)27-11-9-16-8-5-10-26(16)18(27)14-25(19)13-17(20(21)28)22(29)24-12-15-6-3-2-4-7-15;;/h2-4,6-7,13,16,18H,5,8-12,14H2,1H3,(H,24,29);1H3;/q;-1;/t16-,18-;;/m0../s1. The van der Waals surface area contributed by atoms with Crippen LogP contribution in [0.3, 0.4) is 0 Å². The number of aromatic nitrogens is 1. The Morgan fingerprint density at radius 2 is 1.91 bits per heavy atom. The van der Waals surface area contributed by atoms with Gasteiger partial charge in [0.05, 0.1) is 13.7 Å². The fourth-order valence-electron chi connectivity index (χ4n) is 5.16. The van der Waals surface area contributed by atoms with Gasteiger partial charge in [-0.1, -0.05) is 30.3 Å². The molecule has 4 heterocycles. The van der Waals surface area contributed by atoms with E-state index in [9.17, 15) is 14.4 Å². The molecule has 0 aliphatic carbocycles. The second-order valence-corrected chi connectivity index (χ2v) is 8.38. The van der Waals surface area contributed by atoms with Crippen LogP contribution in [0, 0.1) is 7.43 Å². The van der Waals surface area contributed by atoms with Crippen LogP contribution in [0.1, 0.15) is 45.7 Å². The van der Waals surface area contributed by atoms with Crippen molar-refractivity contribution in [1.29, 1.82) is 0 Å². The summed E-state index contributed by atoms with van der Waals surface area (Å²) < 4.78 is 7.10. The Labute approximate surface area is 207 Å². The van der Waals surface area contributed by atoms with Crippen LogP contribution in [0.25, 0.3) is 0 Å². The molecule has 1 N–H and O–H groups in total. The molecule has 5 rings (SSSR count). The molecule has 0 saturated carbocycles. The van der Waals surface area contributed by atoms with Crippen molar-refractivity contribution in [3.63, 3.8) is 0 Å². The topological polar surface area (TPSA) is 83.9 Å². The van der Waals surface area contributed by atoms with Gasteiger partial charge in [-0.3, -0.25) is 19.3 Å². The van der Waals surface area contributed by atoms with Gasteiger partial charge in [-0.2, -0.15) is 0 Å². The van der Waals surface area contributed by atoms with Gasteiger partial charge in [0.25, 0.3) is 11.8 Å². The molecule has 8 nitrogen and oxygen atoms in total. The normalized spacial score (nSPS) is 21.1.